The zero-order chi connectivity index (χ0) is 13.7. The number of rotatable bonds is 4. The van der Waals surface area contributed by atoms with Crippen LogP contribution in [0.3, 0.4) is 0 Å². The smallest absolute Gasteiger partial charge is 0.123 e. The molecule has 0 N–H and O–H groups in total. The van der Waals surface area contributed by atoms with Crippen molar-refractivity contribution in [3.05, 3.63) is 29.3 Å². The van der Waals surface area contributed by atoms with Gasteiger partial charge in [-0.3, -0.25) is 0 Å². The minimum atomic E-state index is 0.646. The van der Waals surface area contributed by atoms with Gasteiger partial charge in [-0.15, -0.1) is 0 Å². The molecule has 1 aliphatic rings. The Balaban J connectivity index is 1.87. The molecule has 102 valence electrons. The van der Waals surface area contributed by atoms with Crippen LogP contribution in [0.1, 0.15) is 36.8 Å². The van der Waals surface area contributed by atoms with Gasteiger partial charge in [-0.2, -0.15) is 5.26 Å². The summed E-state index contributed by atoms with van der Waals surface area (Å²) in [7, 11) is 2.20. The molecule has 19 heavy (non-hydrogen) atoms. The quantitative estimate of drug-likeness (QED) is 0.832. The fraction of sp³-hybridized carbons (Fsp3) is 0.562. The van der Waals surface area contributed by atoms with E-state index < -0.39 is 0 Å². The van der Waals surface area contributed by atoms with Gasteiger partial charge in [0.05, 0.1) is 18.2 Å². The summed E-state index contributed by atoms with van der Waals surface area (Å²) in [5.74, 6) is 0.845. The molecule has 1 heterocycles. The normalized spacial score (nSPS) is 19.9. The van der Waals surface area contributed by atoms with Crippen LogP contribution in [0.4, 0.5) is 0 Å². The molecule has 0 spiro atoms. The van der Waals surface area contributed by atoms with Crippen molar-refractivity contribution in [1.29, 1.82) is 5.26 Å². The summed E-state index contributed by atoms with van der Waals surface area (Å²) in [6.07, 6.45) is 4.99. The minimum absolute atomic E-state index is 0.646. The van der Waals surface area contributed by atoms with Crippen LogP contribution in [-0.4, -0.2) is 31.1 Å². The zero-order valence-corrected chi connectivity index (χ0v) is 11.9. The molecule has 3 heteroatoms. The molecule has 1 atom stereocenters. The number of nitriles is 1. The molecular weight excluding hydrogens is 236 g/mol. The SMILES string of the molecule is Cc1ccc(C#N)cc1OCCC1CCCCN1C. The molecule has 1 saturated heterocycles. The number of hydrogen-bond acceptors (Lipinski definition) is 3. The topological polar surface area (TPSA) is 36.3 Å². The maximum absolute atomic E-state index is 8.90. The monoisotopic (exact) mass is 258 g/mol. The summed E-state index contributed by atoms with van der Waals surface area (Å²) < 4.78 is 5.85. The Morgan fingerprint density at radius 2 is 2.26 bits per heavy atom. The van der Waals surface area contributed by atoms with E-state index in [9.17, 15) is 0 Å². The lowest BCUT2D eigenvalue weighted by Crippen LogP contribution is -2.37. The van der Waals surface area contributed by atoms with Gasteiger partial charge in [-0.25, -0.2) is 0 Å². The molecule has 1 aliphatic heterocycles. The highest BCUT2D eigenvalue weighted by molar-refractivity contribution is 5.41. The molecule has 0 bridgehead atoms. The first kappa shape index (κ1) is 13.9. The molecule has 0 aliphatic carbocycles. The molecule has 1 aromatic carbocycles. The van der Waals surface area contributed by atoms with Gasteiger partial charge >= 0.3 is 0 Å². The minimum Gasteiger partial charge on any atom is -0.493 e. The van der Waals surface area contributed by atoms with E-state index in [1.807, 2.05) is 25.1 Å². The van der Waals surface area contributed by atoms with Crippen molar-refractivity contribution >= 4 is 0 Å². The van der Waals surface area contributed by atoms with Crippen molar-refractivity contribution in [1.82, 2.24) is 4.90 Å². The van der Waals surface area contributed by atoms with Crippen LogP contribution in [0.25, 0.3) is 0 Å². The number of piperidine rings is 1. The highest BCUT2D eigenvalue weighted by Crippen LogP contribution is 2.21. The molecule has 1 unspecified atom stereocenters. The van der Waals surface area contributed by atoms with E-state index in [4.69, 9.17) is 10.00 Å². The predicted molar refractivity (Wildman–Crippen MR) is 76.3 cm³/mol. The maximum Gasteiger partial charge on any atom is 0.123 e. The van der Waals surface area contributed by atoms with Crippen LogP contribution in [0.2, 0.25) is 0 Å². The predicted octanol–water partition coefficient (Wildman–Crippen LogP) is 3.12. The highest BCUT2D eigenvalue weighted by Gasteiger charge is 2.18. The van der Waals surface area contributed by atoms with E-state index in [2.05, 4.69) is 18.0 Å². The van der Waals surface area contributed by atoms with Crippen molar-refractivity contribution < 1.29 is 4.74 Å². The summed E-state index contributed by atoms with van der Waals surface area (Å²) in [6.45, 7) is 3.95. The van der Waals surface area contributed by atoms with Crippen LogP contribution in [0.15, 0.2) is 18.2 Å². The molecule has 0 radical (unpaired) electrons. The molecule has 1 fully saturated rings. The Morgan fingerprint density at radius 1 is 1.42 bits per heavy atom. The second kappa shape index (κ2) is 6.58. The van der Waals surface area contributed by atoms with Crippen LogP contribution in [-0.2, 0) is 0 Å². The Kier molecular flexibility index (Phi) is 4.81. The van der Waals surface area contributed by atoms with E-state index in [1.165, 1.54) is 25.8 Å². The van der Waals surface area contributed by atoms with Crippen molar-refractivity contribution in [2.45, 2.75) is 38.6 Å². The second-order valence-electron chi connectivity index (χ2n) is 5.36. The zero-order valence-electron chi connectivity index (χ0n) is 11.9. The third-order valence-corrected chi connectivity index (χ3v) is 3.95. The molecule has 1 aromatic rings. The standard InChI is InChI=1S/C16H22N2O/c1-13-6-7-14(12-17)11-16(13)19-10-8-15-5-3-4-9-18(15)2/h6-7,11,15H,3-5,8-10H2,1-2H3. The Labute approximate surface area is 115 Å². The summed E-state index contributed by atoms with van der Waals surface area (Å²) in [5.41, 5.74) is 1.76. The third kappa shape index (κ3) is 3.71. The van der Waals surface area contributed by atoms with Gasteiger partial charge < -0.3 is 9.64 Å². The van der Waals surface area contributed by atoms with Crippen LogP contribution >= 0.6 is 0 Å². The van der Waals surface area contributed by atoms with Crippen LogP contribution < -0.4 is 4.74 Å². The Bertz CT molecular complexity index is 464. The fourth-order valence-electron chi connectivity index (χ4n) is 2.64. The Hall–Kier alpha value is -1.53. The average molecular weight is 258 g/mol. The van der Waals surface area contributed by atoms with E-state index in [1.54, 1.807) is 0 Å². The lowest BCUT2D eigenvalue weighted by molar-refractivity contribution is 0.153. The molecule has 0 aromatic heterocycles. The number of nitrogens with zero attached hydrogens (tertiary/aromatic N) is 2. The maximum atomic E-state index is 8.90. The second-order valence-corrected chi connectivity index (χ2v) is 5.36. The molecule has 2 rings (SSSR count). The number of likely N-dealkylation sites (tertiary alicyclic amines) is 1. The largest absolute Gasteiger partial charge is 0.493 e. The van der Waals surface area contributed by atoms with Crippen molar-refractivity contribution in [2.24, 2.45) is 0 Å². The third-order valence-electron chi connectivity index (χ3n) is 3.95. The fourth-order valence-corrected chi connectivity index (χ4v) is 2.64. The van der Waals surface area contributed by atoms with Gasteiger partial charge in [0.1, 0.15) is 5.75 Å². The lowest BCUT2D eigenvalue weighted by atomic mass is 10.0. The van der Waals surface area contributed by atoms with Gasteiger partial charge in [0.25, 0.3) is 0 Å². The summed E-state index contributed by atoms with van der Waals surface area (Å²) in [5, 5.41) is 8.90. The van der Waals surface area contributed by atoms with E-state index in [0.717, 1.165) is 24.3 Å². The molecule has 0 amide bonds. The molecular formula is C16H22N2O. The lowest BCUT2D eigenvalue weighted by Gasteiger charge is -2.32. The first-order valence-electron chi connectivity index (χ1n) is 7.04. The first-order chi connectivity index (χ1) is 9.20. The highest BCUT2D eigenvalue weighted by atomic mass is 16.5. The van der Waals surface area contributed by atoms with E-state index in [0.29, 0.717) is 11.6 Å². The van der Waals surface area contributed by atoms with Gasteiger partial charge in [0.2, 0.25) is 0 Å². The van der Waals surface area contributed by atoms with E-state index in [-0.39, 0.29) is 0 Å². The first-order valence-corrected chi connectivity index (χ1v) is 7.04. The number of aryl methyl sites for hydroxylation is 1. The van der Waals surface area contributed by atoms with Gasteiger partial charge in [-0.05, 0) is 57.5 Å². The van der Waals surface area contributed by atoms with Crippen molar-refractivity contribution in [2.75, 3.05) is 20.2 Å². The van der Waals surface area contributed by atoms with Crippen molar-refractivity contribution in [3.63, 3.8) is 0 Å². The summed E-state index contributed by atoms with van der Waals surface area (Å²) >= 11 is 0. The number of benzene rings is 1. The van der Waals surface area contributed by atoms with Crippen LogP contribution in [0.5, 0.6) is 5.75 Å². The molecule has 3 nitrogen and oxygen atoms in total. The molecule has 0 saturated carbocycles. The average Bonchev–Trinajstić information content (AvgIpc) is 2.43. The van der Waals surface area contributed by atoms with Gasteiger partial charge in [0.15, 0.2) is 0 Å². The summed E-state index contributed by atoms with van der Waals surface area (Å²) in [6, 6.07) is 8.41. The van der Waals surface area contributed by atoms with Crippen LogP contribution in [0, 0.1) is 18.3 Å². The van der Waals surface area contributed by atoms with E-state index >= 15 is 0 Å². The Morgan fingerprint density at radius 3 is 3.00 bits per heavy atom. The van der Waals surface area contributed by atoms with Gasteiger partial charge in [-0.1, -0.05) is 12.5 Å². The number of ether oxygens (including phenoxy) is 1. The number of hydrogen-bond donors (Lipinski definition) is 0. The van der Waals surface area contributed by atoms with Gasteiger partial charge in [0, 0.05) is 6.04 Å². The summed E-state index contributed by atoms with van der Waals surface area (Å²) in [4.78, 5) is 2.44. The van der Waals surface area contributed by atoms with Crippen molar-refractivity contribution in [3.8, 4) is 11.8 Å².